The van der Waals surface area contributed by atoms with Crippen LogP contribution in [0, 0.1) is 12.7 Å². The molecule has 0 heterocycles. The molecular formula is C13H10ClF. The molecule has 15 heavy (non-hydrogen) atoms. The van der Waals surface area contributed by atoms with Crippen molar-refractivity contribution in [2.75, 3.05) is 0 Å². The summed E-state index contributed by atoms with van der Waals surface area (Å²) in [5.41, 5.74) is 2.05. The second kappa shape index (κ2) is 4.03. The highest BCUT2D eigenvalue weighted by Gasteiger charge is 2.06. The van der Waals surface area contributed by atoms with Gasteiger partial charge in [0.25, 0.3) is 0 Å². The van der Waals surface area contributed by atoms with E-state index in [4.69, 9.17) is 11.6 Å². The number of halogens is 2. The molecule has 2 aromatic rings. The van der Waals surface area contributed by atoms with Gasteiger partial charge in [-0.25, -0.2) is 4.39 Å². The van der Waals surface area contributed by atoms with E-state index in [1.165, 1.54) is 0 Å². The molecule has 0 fully saturated rings. The Morgan fingerprint density at radius 2 is 1.80 bits per heavy atom. The summed E-state index contributed by atoms with van der Waals surface area (Å²) in [7, 11) is 0. The molecule has 2 heteroatoms. The summed E-state index contributed by atoms with van der Waals surface area (Å²) in [5.74, 6) is -0.181. The minimum Gasteiger partial charge on any atom is -0.206 e. The van der Waals surface area contributed by atoms with Crippen LogP contribution in [-0.4, -0.2) is 0 Å². The van der Waals surface area contributed by atoms with Gasteiger partial charge in [-0.05, 0) is 30.2 Å². The Bertz CT molecular complexity index is 492. The molecule has 0 aliphatic carbocycles. The first-order chi connectivity index (χ1) is 7.18. The van der Waals surface area contributed by atoms with Crippen molar-refractivity contribution >= 4 is 11.6 Å². The summed E-state index contributed by atoms with van der Waals surface area (Å²) < 4.78 is 13.8. The lowest BCUT2D eigenvalue weighted by molar-refractivity contribution is 0.622. The lowest BCUT2D eigenvalue weighted by atomic mass is 10.0. The molecule has 0 saturated heterocycles. The van der Waals surface area contributed by atoms with Crippen LogP contribution in [0.25, 0.3) is 11.1 Å². The molecule has 0 N–H and O–H groups in total. The van der Waals surface area contributed by atoms with Crippen LogP contribution in [0.15, 0.2) is 42.5 Å². The van der Waals surface area contributed by atoms with E-state index >= 15 is 0 Å². The first kappa shape index (κ1) is 10.2. The maximum atomic E-state index is 13.8. The van der Waals surface area contributed by atoms with Gasteiger partial charge in [0.1, 0.15) is 5.82 Å². The van der Waals surface area contributed by atoms with Crippen molar-refractivity contribution in [2.45, 2.75) is 6.92 Å². The predicted molar refractivity (Wildman–Crippen MR) is 61.6 cm³/mol. The van der Waals surface area contributed by atoms with E-state index in [-0.39, 0.29) is 5.82 Å². The second-order valence-corrected chi connectivity index (χ2v) is 3.88. The molecule has 0 radical (unpaired) electrons. The Morgan fingerprint density at radius 3 is 2.53 bits per heavy atom. The molecule has 0 aliphatic heterocycles. The minimum absolute atomic E-state index is 0.181. The van der Waals surface area contributed by atoms with E-state index in [0.717, 1.165) is 5.56 Å². The lowest BCUT2D eigenvalue weighted by Gasteiger charge is -2.05. The van der Waals surface area contributed by atoms with E-state index in [9.17, 15) is 4.39 Å². The van der Waals surface area contributed by atoms with Gasteiger partial charge in [0.2, 0.25) is 0 Å². The van der Waals surface area contributed by atoms with Crippen molar-refractivity contribution in [3.63, 3.8) is 0 Å². The second-order valence-electron chi connectivity index (χ2n) is 3.45. The fraction of sp³-hybridized carbons (Fsp3) is 0.0769. The van der Waals surface area contributed by atoms with Crippen molar-refractivity contribution in [1.82, 2.24) is 0 Å². The third kappa shape index (κ3) is 2.02. The molecular weight excluding hydrogens is 211 g/mol. The Hall–Kier alpha value is -1.34. The largest absolute Gasteiger partial charge is 0.206 e. The molecule has 0 nitrogen and oxygen atoms in total. The summed E-state index contributed by atoms with van der Waals surface area (Å²) in [5, 5.41) is 0.619. The number of rotatable bonds is 1. The molecule has 2 aromatic carbocycles. The number of hydrogen-bond donors (Lipinski definition) is 0. The van der Waals surface area contributed by atoms with Crippen LogP contribution in [0.1, 0.15) is 5.56 Å². The van der Waals surface area contributed by atoms with Crippen LogP contribution >= 0.6 is 11.6 Å². The molecule has 0 bridgehead atoms. The molecule has 0 aromatic heterocycles. The summed E-state index contributed by atoms with van der Waals surface area (Å²) >= 11 is 5.86. The third-order valence-electron chi connectivity index (χ3n) is 2.33. The highest BCUT2D eigenvalue weighted by molar-refractivity contribution is 6.30. The van der Waals surface area contributed by atoms with Crippen molar-refractivity contribution in [3.8, 4) is 11.1 Å². The molecule has 0 atom stereocenters. The predicted octanol–water partition coefficient (Wildman–Crippen LogP) is 4.45. The van der Waals surface area contributed by atoms with E-state index < -0.39 is 0 Å². The average molecular weight is 221 g/mol. The Labute approximate surface area is 93.3 Å². The standard InChI is InChI=1S/C13H10ClF/c1-9-4-2-7-12(13(9)15)10-5-3-6-11(14)8-10/h2-8H,1H3. The van der Waals surface area contributed by atoms with Crippen molar-refractivity contribution in [2.24, 2.45) is 0 Å². The molecule has 2 rings (SSSR count). The fourth-order valence-electron chi connectivity index (χ4n) is 1.53. The van der Waals surface area contributed by atoms with E-state index in [2.05, 4.69) is 0 Å². The number of benzene rings is 2. The normalized spacial score (nSPS) is 10.3. The van der Waals surface area contributed by atoms with Gasteiger partial charge in [0.05, 0.1) is 0 Å². The van der Waals surface area contributed by atoms with Gasteiger partial charge in [-0.1, -0.05) is 41.9 Å². The molecule has 0 spiro atoms. The van der Waals surface area contributed by atoms with Crippen LogP contribution in [0.3, 0.4) is 0 Å². The average Bonchev–Trinajstić information content (AvgIpc) is 2.22. The lowest BCUT2D eigenvalue weighted by Crippen LogP contribution is -1.87. The third-order valence-corrected chi connectivity index (χ3v) is 2.56. The SMILES string of the molecule is Cc1cccc(-c2cccc(Cl)c2)c1F. The van der Waals surface area contributed by atoms with Crippen LogP contribution in [0.4, 0.5) is 4.39 Å². The quantitative estimate of drug-likeness (QED) is 0.666. The summed E-state index contributed by atoms with van der Waals surface area (Å²) in [6, 6.07) is 12.6. The summed E-state index contributed by atoms with van der Waals surface area (Å²) in [4.78, 5) is 0. The Kier molecular flexibility index (Phi) is 2.74. The van der Waals surface area contributed by atoms with Crippen LogP contribution in [-0.2, 0) is 0 Å². The van der Waals surface area contributed by atoms with Crippen molar-refractivity contribution in [3.05, 3.63) is 58.9 Å². The van der Waals surface area contributed by atoms with Crippen molar-refractivity contribution in [1.29, 1.82) is 0 Å². The fourth-order valence-corrected chi connectivity index (χ4v) is 1.72. The summed E-state index contributed by atoms with van der Waals surface area (Å²) in [6.07, 6.45) is 0. The van der Waals surface area contributed by atoms with E-state index in [0.29, 0.717) is 16.1 Å². The van der Waals surface area contributed by atoms with E-state index in [1.807, 2.05) is 18.2 Å². The highest BCUT2D eigenvalue weighted by Crippen LogP contribution is 2.26. The smallest absolute Gasteiger partial charge is 0.133 e. The zero-order valence-corrected chi connectivity index (χ0v) is 9.05. The van der Waals surface area contributed by atoms with Gasteiger partial charge in [0, 0.05) is 10.6 Å². The summed E-state index contributed by atoms with van der Waals surface area (Å²) in [6.45, 7) is 1.75. The van der Waals surface area contributed by atoms with Gasteiger partial charge in [0.15, 0.2) is 0 Å². The molecule has 0 saturated carbocycles. The maximum Gasteiger partial charge on any atom is 0.133 e. The van der Waals surface area contributed by atoms with E-state index in [1.54, 1.807) is 31.2 Å². The maximum absolute atomic E-state index is 13.8. The minimum atomic E-state index is -0.181. The number of hydrogen-bond acceptors (Lipinski definition) is 0. The van der Waals surface area contributed by atoms with Gasteiger partial charge in [-0.15, -0.1) is 0 Å². The molecule has 0 unspecified atom stereocenters. The molecule has 0 amide bonds. The van der Waals surface area contributed by atoms with Crippen LogP contribution < -0.4 is 0 Å². The van der Waals surface area contributed by atoms with Crippen LogP contribution in [0.5, 0.6) is 0 Å². The molecule has 76 valence electrons. The van der Waals surface area contributed by atoms with Gasteiger partial charge in [-0.2, -0.15) is 0 Å². The topological polar surface area (TPSA) is 0 Å². The highest BCUT2D eigenvalue weighted by atomic mass is 35.5. The van der Waals surface area contributed by atoms with Gasteiger partial charge >= 0.3 is 0 Å². The first-order valence-electron chi connectivity index (χ1n) is 4.69. The molecule has 0 aliphatic rings. The zero-order chi connectivity index (χ0) is 10.8. The zero-order valence-electron chi connectivity index (χ0n) is 8.30. The number of aryl methyl sites for hydroxylation is 1. The van der Waals surface area contributed by atoms with Crippen LogP contribution in [0.2, 0.25) is 5.02 Å². The Morgan fingerprint density at radius 1 is 1.07 bits per heavy atom. The van der Waals surface area contributed by atoms with Gasteiger partial charge in [-0.3, -0.25) is 0 Å². The Balaban J connectivity index is 2.59. The van der Waals surface area contributed by atoms with Crippen molar-refractivity contribution < 1.29 is 4.39 Å². The monoisotopic (exact) mass is 220 g/mol. The van der Waals surface area contributed by atoms with Gasteiger partial charge < -0.3 is 0 Å². The first-order valence-corrected chi connectivity index (χ1v) is 5.07.